The number of carbonyl (C=O) groups excluding carboxylic acids is 1. The van der Waals surface area contributed by atoms with Gasteiger partial charge in [0.25, 0.3) is 0 Å². The van der Waals surface area contributed by atoms with E-state index >= 15 is 0 Å². The Morgan fingerprint density at radius 1 is 1.47 bits per heavy atom. The fourth-order valence-electron chi connectivity index (χ4n) is 3.07. The van der Waals surface area contributed by atoms with Crippen molar-refractivity contribution >= 4 is 5.78 Å². The van der Waals surface area contributed by atoms with Gasteiger partial charge in [-0.25, -0.2) is 0 Å². The molecule has 1 saturated heterocycles. The topological polar surface area (TPSA) is 29.5 Å². The molecule has 1 aliphatic heterocycles. The molecule has 0 aromatic carbocycles. The molecular weight excluding hydrogens is 214 g/mol. The fraction of sp³-hybridized carbons (Fsp3) is 0.929. The lowest BCUT2D eigenvalue weighted by atomic mass is 9.89. The van der Waals surface area contributed by atoms with Gasteiger partial charge in [-0.1, -0.05) is 13.8 Å². The van der Waals surface area contributed by atoms with Gasteiger partial charge in [0.15, 0.2) is 0 Å². The van der Waals surface area contributed by atoms with Gasteiger partial charge in [-0.15, -0.1) is 0 Å². The number of ketones is 1. The van der Waals surface area contributed by atoms with Gasteiger partial charge >= 0.3 is 0 Å². The zero-order valence-corrected chi connectivity index (χ0v) is 11.4. The van der Waals surface area contributed by atoms with Crippen molar-refractivity contribution < 1.29 is 9.53 Å². The molecule has 0 radical (unpaired) electrons. The number of carbonyl (C=O) groups is 1. The molecule has 1 saturated carbocycles. The molecule has 2 aliphatic rings. The van der Waals surface area contributed by atoms with Crippen molar-refractivity contribution in [3.63, 3.8) is 0 Å². The predicted octanol–water partition coefficient (Wildman–Crippen LogP) is 2.10. The third-order valence-electron chi connectivity index (χ3n) is 4.17. The van der Waals surface area contributed by atoms with Crippen LogP contribution in [0.4, 0.5) is 0 Å². The first-order chi connectivity index (χ1) is 7.99. The van der Waals surface area contributed by atoms with E-state index in [0.717, 1.165) is 45.5 Å². The van der Waals surface area contributed by atoms with Crippen LogP contribution >= 0.6 is 0 Å². The highest BCUT2D eigenvalue weighted by Crippen LogP contribution is 2.37. The van der Waals surface area contributed by atoms with Gasteiger partial charge in [-0.2, -0.15) is 0 Å². The van der Waals surface area contributed by atoms with Crippen molar-refractivity contribution in [1.82, 2.24) is 4.90 Å². The van der Waals surface area contributed by atoms with Gasteiger partial charge in [0.05, 0.1) is 6.10 Å². The zero-order valence-electron chi connectivity index (χ0n) is 11.4. The summed E-state index contributed by atoms with van der Waals surface area (Å²) >= 11 is 0. The van der Waals surface area contributed by atoms with Gasteiger partial charge < -0.3 is 4.74 Å². The maximum Gasteiger partial charge on any atom is 0.142 e. The maximum atomic E-state index is 12.2. The second-order valence-corrected chi connectivity index (χ2v) is 6.28. The molecule has 0 spiro atoms. The van der Waals surface area contributed by atoms with Gasteiger partial charge in [0.1, 0.15) is 5.78 Å². The molecular formula is C14H25NO2. The van der Waals surface area contributed by atoms with Crippen molar-refractivity contribution in [2.45, 2.75) is 46.1 Å². The average Bonchev–Trinajstić information content (AvgIpc) is 2.44. The highest BCUT2D eigenvalue weighted by atomic mass is 16.5. The minimum atomic E-state index is -0.0847. The van der Waals surface area contributed by atoms with Gasteiger partial charge in [0, 0.05) is 37.6 Å². The Bertz CT molecular complexity index is 288. The highest BCUT2D eigenvalue weighted by molar-refractivity contribution is 5.88. The van der Waals surface area contributed by atoms with Gasteiger partial charge in [-0.3, -0.25) is 9.69 Å². The van der Waals surface area contributed by atoms with E-state index < -0.39 is 0 Å². The first-order valence-electron chi connectivity index (χ1n) is 6.87. The molecule has 98 valence electrons. The van der Waals surface area contributed by atoms with Crippen LogP contribution in [0.1, 0.15) is 40.0 Å². The Labute approximate surface area is 105 Å². The quantitative estimate of drug-likeness (QED) is 0.739. The number of nitrogens with zero attached hydrogens (tertiary/aromatic N) is 1. The summed E-state index contributed by atoms with van der Waals surface area (Å²) in [5, 5.41) is 0. The zero-order chi connectivity index (χ0) is 12.5. The van der Waals surface area contributed by atoms with Crippen LogP contribution in [0.3, 0.4) is 0 Å². The van der Waals surface area contributed by atoms with Crippen LogP contribution in [0.15, 0.2) is 0 Å². The fourth-order valence-corrected chi connectivity index (χ4v) is 3.07. The SMILES string of the molecule is CC1CN(CC2CCC(C)(C)C2=O)CCCO1. The van der Waals surface area contributed by atoms with E-state index in [9.17, 15) is 4.79 Å². The molecule has 2 fully saturated rings. The van der Waals surface area contributed by atoms with Crippen LogP contribution in [0.25, 0.3) is 0 Å². The molecule has 0 amide bonds. The normalized spacial score (nSPS) is 34.9. The standard InChI is InChI=1S/C14H25NO2/c1-11-9-15(7-4-8-17-11)10-12-5-6-14(2,3)13(12)16/h11-12H,4-10H2,1-3H3. The van der Waals surface area contributed by atoms with Gasteiger partial charge in [0.2, 0.25) is 0 Å². The number of ether oxygens (including phenoxy) is 1. The van der Waals surface area contributed by atoms with Gasteiger partial charge in [-0.05, 0) is 26.2 Å². The summed E-state index contributed by atoms with van der Waals surface area (Å²) in [6.45, 7) is 10.2. The van der Waals surface area contributed by atoms with E-state index in [4.69, 9.17) is 4.74 Å². The number of hydrogen-bond donors (Lipinski definition) is 0. The third-order valence-corrected chi connectivity index (χ3v) is 4.17. The lowest BCUT2D eigenvalue weighted by Gasteiger charge is -2.25. The van der Waals surface area contributed by atoms with Crippen LogP contribution in [0, 0.1) is 11.3 Å². The van der Waals surface area contributed by atoms with E-state index in [1.807, 2.05) is 0 Å². The molecule has 2 atom stereocenters. The third kappa shape index (κ3) is 3.08. The Hall–Kier alpha value is -0.410. The molecule has 1 heterocycles. The van der Waals surface area contributed by atoms with Crippen molar-refractivity contribution in [3.8, 4) is 0 Å². The Morgan fingerprint density at radius 3 is 2.88 bits per heavy atom. The Morgan fingerprint density at radius 2 is 2.24 bits per heavy atom. The van der Waals surface area contributed by atoms with Crippen molar-refractivity contribution in [3.05, 3.63) is 0 Å². The largest absolute Gasteiger partial charge is 0.377 e. The molecule has 3 nitrogen and oxygen atoms in total. The summed E-state index contributed by atoms with van der Waals surface area (Å²) in [5.74, 6) is 0.727. The summed E-state index contributed by atoms with van der Waals surface area (Å²) in [5.41, 5.74) is -0.0847. The first kappa shape index (κ1) is 13.0. The lowest BCUT2D eigenvalue weighted by molar-refractivity contribution is -0.128. The first-order valence-corrected chi connectivity index (χ1v) is 6.87. The smallest absolute Gasteiger partial charge is 0.142 e. The van der Waals surface area contributed by atoms with Crippen LogP contribution in [-0.4, -0.2) is 43.0 Å². The molecule has 0 aromatic heterocycles. The Kier molecular flexibility index (Phi) is 3.88. The summed E-state index contributed by atoms with van der Waals surface area (Å²) < 4.78 is 5.64. The number of hydrogen-bond acceptors (Lipinski definition) is 3. The molecule has 1 aliphatic carbocycles. The summed E-state index contributed by atoms with van der Waals surface area (Å²) in [6, 6.07) is 0. The second kappa shape index (κ2) is 5.07. The maximum absolute atomic E-state index is 12.2. The molecule has 0 aromatic rings. The number of rotatable bonds is 2. The summed E-state index contributed by atoms with van der Waals surface area (Å²) in [6.07, 6.45) is 3.52. The molecule has 0 bridgehead atoms. The molecule has 0 N–H and O–H groups in total. The molecule has 3 heteroatoms. The van der Waals surface area contributed by atoms with E-state index in [2.05, 4.69) is 25.7 Å². The van der Waals surface area contributed by atoms with Crippen molar-refractivity contribution in [1.29, 1.82) is 0 Å². The van der Waals surface area contributed by atoms with Crippen LogP contribution < -0.4 is 0 Å². The lowest BCUT2D eigenvalue weighted by Crippen LogP contribution is -2.37. The van der Waals surface area contributed by atoms with Crippen molar-refractivity contribution in [2.24, 2.45) is 11.3 Å². The van der Waals surface area contributed by atoms with E-state index in [-0.39, 0.29) is 11.3 Å². The molecule has 2 rings (SSSR count). The second-order valence-electron chi connectivity index (χ2n) is 6.28. The Balaban J connectivity index is 1.90. The van der Waals surface area contributed by atoms with Crippen molar-refractivity contribution in [2.75, 3.05) is 26.2 Å². The number of Topliss-reactive ketones (excluding diaryl/α,β-unsaturated/α-hetero) is 1. The van der Waals surface area contributed by atoms with E-state index in [1.54, 1.807) is 0 Å². The van der Waals surface area contributed by atoms with Crippen LogP contribution in [0.2, 0.25) is 0 Å². The molecule has 2 unspecified atom stereocenters. The minimum absolute atomic E-state index is 0.0847. The summed E-state index contributed by atoms with van der Waals surface area (Å²) in [7, 11) is 0. The highest BCUT2D eigenvalue weighted by Gasteiger charge is 2.40. The van der Waals surface area contributed by atoms with E-state index in [1.165, 1.54) is 0 Å². The van der Waals surface area contributed by atoms with Crippen LogP contribution in [-0.2, 0) is 9.53 Å². The monoisotopic (exact) mass is 239 g/mol. The molecule has 17 heavy (non-hydrogen) atoms. The van der Waals surface area contributed by atoms with E-state index in [0.29, 0.717) is 11.9 Å². The summed E-state index contributed by atoms with van der Waals surface area (Å²) in [4.78, 5) is 14.6. The average molecular weight is 239 g/mol. The minimum Gasteiger partial charge on any atom is -0.377 e. The predicted molar refractivity (Wildman–Crippen MR) is 68.0 cm³/mol. The van der Waals surface area contributed by atoms with Crippen LogP contribution in [0.5, 0.6) is 0 Å².